The Hall–Kier alpha value is 0.210. The standard InChI is InChI=1S/C6H13ClNO/c1-8(2,3)6(7)5-4-9-5/h5-6H,4H2,1-3H3/q+1. The fourth-order valence-electron chi connectivity index (χ4n) is 0.713. The lowest BCUT2D eigenvalue weighted by atomic mass is 10.4. The molecular weight excluding hydrogens is 138 g/mol. The van der Waals surface area contributed by atoms with E-state index in [1.165, 1.54) is 0 Å². The van der Waals surface area contributed by atoms with Gasteiger partial charge in [-0.15, -0.1) is 0 Å². The first-order valence-corrected chi connectivity index (χ1v) is 3.52. The van der Waals surface area contributed by atoms with Gasteiger partial charge in [-0.3, -0.25) is 0 Å². The van der Waals surface area contributed by atoms with Crippen LogP contribution in [0.1, 0.15) is 0 Å². The number of quaternary nitrogens is 1. The van der Waals surface area contributed by atoms with Crippen LogP contribution in [0.3, 0.4) is 0 Å². The highest BCUT2D eigenvalue weighted by Gasteiger charge is 2.39. The molecule has 0 aromatic carbocycles. The molecule has 0 spiro atoms. The topological polar surface area (TPSA) is 12.5 Å². The number of alkyl halides is 1. The average Bonchev–Trinajstić information content (AvgIpc) is 2.40. The molecular formula is C6H13ClNO+. The molecule has 1 rings (SSSR count). The summed E-state index contributed by atoms with van der Waals surface area (Å²) in [5.41, 5.74) is 0.116. The van der Waals surface area contributed by atoms with Gasteiger partial charge >= 0.3 is 0 Å². The van der Waals surface area contributed by atoms with Crippen LogP contribution in [0.2, 0.25) is 0 Å². The van der Waals surface area contributed by atoms with Crippen molar-refractivity contribution in [3.63, 3.8) is 0 Å². The quantitative estimate of drug-likeness (QED) is 0.244. The first-order chi connectivity index (χ1) is 4.02. The normalized spacial score (nSPS) is 30.0. The minimum atomic E-state index is 0.116. The molecule has 0 bridgehead atoms. The summed E-state index contributed by atoms with van der Waals surface area (Å²) in [7, 11) is 6.21. The highest BCUT2D eigenvalue weighted by Crippen LogP contribution is 2.23. The van der Waals surface area contributed by atoms with E-state index in [0.29, 0.717) is 6.10 Å². The first-order valence-electron chi connectivity index (χ1n) is 3.08. The van der Waals surface area contributed by atoms with E-state index in [1.54, 1.807) is 0 Å². The van der Waals surface area contributed by atoms with Gasteiger partial charge in [0.05, 0.1) is 27.7 Å². The molecule has 1 aliphatic heterocycles. The predicted molar refractivity (Wildman–Crippen MR) is 37.4 cm³/mol. The smallest absolute Gasteiger partial charge is 0.192 e. The van der Waals surface area contributed by atoms with Gasteiger partial charge in [0.2, 0.25) is 0 Å². The number of hydrogen-bond donors (Lipinski definition) is 0. The summed E-state index contributed by atoms with van der Waals surface area (Å²) in [6.07, 6.45) is 0.298. The van der Waals surface area contributed by atoms with Gasteiger partial charge < -0.3 is 9.22 Å². The number of likely N-dealkylation sites (N-methyl/N-ethyl adjacent to an activating group) is 1. The summed E-state index contributed by atoms with van der Waals surface area (Å²) in [6, 6.07) is 0. The third kappa shape index (κ3) is 1.81. The minimum absolute atomic E-state index is 0.116. The summed E-state index contributed by atoms with van der Waals surface area (Å²) < 4.78 is 5.82. The maximum Gasteiger partial charge on any atom is 0.192 e. The van der Waals surface area contributed by atoms with Gasteiger partial charge in [0.25, 0.3) is 0 Å². The van der Waals surface area contributed by atoms with Crippen LogP contribution in [0.25, 0.3) is 0 Å². The molecule has 2 atom stereocenters. The molecule has 0 N–H and O–H groups in total. The van der Waals surface area contributed by atoms with Crippen molar-refractivity contribution in [1.82, 2.24) is 0 Å². The number of epoxide rings is 1. The Balaban J connectivity index is 2.40. The number of ether oxygens (including phenoxy) is 1. The van der Waals surface area contributed by atoms with Crippen LogP contribution in [0, 0.1) is 0 Å². The molecule has 3 heteroatoms. The Morgan fingerprint density at radius 3 is 2.11 bits per heavy atom. The second-order valence-electron chi connectivity index (χ2n) is 3.36. The van der Waals surface area contributed by atoms with E-state index >= 15 is 0 Å². The third-order valence-electron chi connectivity index (χ3n) is 1.41. The second-order valence-corrected chi connectivity index (χ2v) is 3.81. The van der Waals surface area contributed by atoms with Crippen molar-refractivity contribution >= 4 is 11.6 Å². The summed E-state index contributed by atoms with van der Waals surface area (Å²) >= 11 is 6.00. The Labute approximate surface area is 60.9 Å². The molecule has 0 saturated carbocycles. The lowest BCUT2D eigenvalue weighted by Gasteiger charge is -2.28. The molecule has 0 aliphatic carbocycles. The van der Waals surface area contributed by atoms with E-state index in [0.717, 1.165) is 11.1 Å². The van der Waals surface area contributed by atoms with Gasteiger partial charge in [-0.2, -0.15) is 0 Å². The lowest BCUT2D eigenvalue weighted by molar-refractivity contribution is -0.883. The molecule has 9 heavy (non-hydrogen) atoms. The summed E-state index contributed by atoms with van der Waals surface area (Å²) in [4.78, 5) is 0. The zero-order chi connectivity index (χ0) is 7.07. The molecule has 1 aliphatic rings. The van der Waals surface area contributed by atoms with E-state index in [4.69, 9.17) is 16.3 Å². The van der Waals surface area contributed by atoms with E-state index in [2.05, 4.69) is 21.1 Å². The molecule has 0 amide bonds. The molecule has 54 valence electrons. The predicted octanol–water partition coefficient (Wildman–Crippen LogP) is 0.656. The van der Waals surface area contributed by atoms with E-state index < -0.39 is 0 Å². The van der Waals surface area contributed by atoms with Gasteiger partial charge in [0.1, 0.15) is 6.10 Å². The second kappa shape index (κ2) is 2.11. The fourth-order valence-corrected chi connectivity index (χ4v) is 0.859. The zero-order valence-corrected chi connectivity index (χ0v) is 6.85. The monoisotopic (exact) mass is 150 g/mol. The van der Waals surface area contributed by atoms with Crippen molar-refractivity contribution in [1.29, 1.82) is 0 Å². The maximum absolute atomic E-state index is 6.00. The molecule has 0 aromatic rings. The zero-order valence-electron chi connectivity index (χ0n) is 6.10. The highest BCUT2D eigenvalue weighted by molar-refractivity contribution is 6.20. The largest absolute Gasteiger partial charge is 0.365 e. The SMILES string of the molecule is C[N+](C)(C)C(Cl)C1CO1. The molecule has 2 nitrogen and oxygen atoms in total. The lowest BCUT2D eigenvalue weighted by Crippen LogP contribution is -2.44. The van der Waals surface area contributed by atoms with Gasteiger partial charge in [-0.1, -0.05) is 11.6 Å². The molecule has 0 aromatic heterocycles. The summed E-state index contributed by atoms with van der Waals surface area (Å²) in [6.45, 7) is 0.837. The maximum atomic E-state index is 6.00. The number of rotatable bonds is 2. The Bertz CT molecular complexity index is 106. The first kappa shape index (κ1) is 7.32. The number of nitrogens with zero attached hydrogens (tertiary/aromatic N) is 1. The van der Waals surface area contributed by atoms with E-state index in [-0.39, 0.29) is 5.50 Å². The van der Waals surface area contributed by atoms with Crippen LogP contribution >= 0.6 is 11.6 Å². The summed E-state index contributed by atoms with van der Waals surface area (Å²) in [5, 5.41) is 0. The summed E-state index contributed by atoms with van der Waals surface area (Å²) in [5.74, 6) is 0. The van der Waals surface area contributed by atoms with Crippen molar-refractivity contribution in [3.05, 3.63) is 0 Å². The van der Waals surface area contributed by atoms with E-state index in [1.807, 2.05) is 0 Å². The van der Waals surface area contributed by atoms with Crippen LogP contribution in [-0.2, 0) is 4.74 Å². The van der Waals surface area contributed by atoms with E-state index in [9.17, 15) is 0 Å². The van der Waals surface area contributed by atoms with Crippen molar-refractivity contribution < 1.29 is 9.22 Å². The number of halogens is 1. The average molecular weight is 151 g/mol. The van der Waals surface area contributed by atoms with Gasteiger partial charge in [-0.05, 0) is 0 Å². The van der Waals surface area contributed by atoms with Crippen molar-refractivity contribution in [2.75, 3.05) is 27.7 Å². The Morgan fingerprint density at radius 1 is 1.56 bits per heavy atom. The molecule has 1 saturated heterocycles. The molecule has 0 radical (unpaired) electrons. The van der Waals surface area contributed by atoms with Crippen LogP contribution in [0.15, 0.2) is 0 Å². The molecule has 1 fully saturated rings. The minimum Gasteiger partial charge on any atom is -0.365 e. The molecule has 2 unspecified atom stereocenters. The van der Waals surface area contributed by atoms with Crippen LogP contribution in [0.5, 0.6) is 0 Å². The van der Waals surface area contributed by atoms with Crippen molar-refractivity contribution in [3.8, 4) is 0 Å². The van der Waals surface area contributed by atoms with Gasteiger partial charge in [0, 0.05) is 0 Å². The van der Waals surface area contributed by atoms with Crippen molar-refractivity contribution in [2.24, 2.45) is 0 Å². The van der Waals surface area contributed by atoms with Crippen LogP contribution < -0.4 is 0 Å². The van der Waals surface area contributed by atoms with Crippen molar-refractivity contribution in [2.45, 2.75) is 11.6 Å². The number of hydrogen-bond acceptors (Lipinski definition) is 1. The fraction of sp³-hybridized carbons (Fsp3) is 1.00. The van der Waals surface area contributed by atoms with Gasteiger partial charge in [-0.25, -0.2) is 0 Å². The van der Waals surface area contributed by atoms with Gasteiger partial charge in [0.15, 0.2) is 5.50 Å². The Kier molecular flexibility index (Phi) is 1.72. The molecule has 1 heterocycles. The third-order valence-corrected chi connectivity index (χ3v) is 2.27. The highest BCUT2D eigenvalue weighted by atomic mass is 35.5. The van der Waals surface area contributed by atoms with Crippen LogP contribution in [0.4, 0.5) is 0 Å². The van der Waals surface area contributed by atoms with Crippen LogP contribution in [-0.4, -0.2) is 43.8 Å². The Morgan fingerprint density at radius 2 is 2.00 bits per heavy atom.